The second-order valence-electron chi connectivity index (χ2n) is 5.18. The largest absolute Gasteiger partial charge is 0.313 e. The minimum absolute atomic E-state index is 0.403. The number of nitrogens with zero attached hydrogens (tertiary/aromatic N) is 2. The fourth-order valence-electron chi connectivity index (χ4n) is 2.28. The van der Waals surface area contributed by atoms with Crippen molar-refractivity contribution in [2.24, 2.45) is 0 Å². The van der Waals surface area contributed by atoms with Crippen LogP contribution < -0.4 is 5.32 Å². The summed E-state index contributed by atoms with van der Waals surface area (Å²) in [5, 5.41) is 7.97. The highest BCUT2D eigenvalue weighted by atomic mass is 15.3. The molecule has 0 aliphatic rings. The van der Waals surface area contributed by atoms with Gasteiger partial charge in [-0.2, -0.15) is 5.10 Å². The average Bonchev–Trinajstić information content (AvgIpc) is 2.90. The van der Waals surface area contributed by atoms with Gasteiger partial charge in [-0.1, -0.05) is 32.9 Å². The van der Waals surface area contributed by atoms with E-state index in [1.807, 2.05) is 17.9 Å². The van der Waals surface area contributed by atoms with E-state index in [1.54, 1.807) is 0 Å². The van der Waals surface area contributed by atoms with Gasteiger partial charge >= 0.3 is 0 Å². The maximum absolute atomic E-state index is 4.63. The summed E-state index contributed by atoms with van der Waals surface area (Å²) in [4.78, 5) is 0. The second kappa shape index (κ2) is 6.02. The Hall–Kier alpha value is -1.61. The van der Waals surface area contributed by atoms with Crippen LogP contribution in [-0.4, -0.2) is 16.8 Å². The first kappa shape index (κ1) is 13.8. The summed E-state index contributed by atoms with van der Waals surface area (Å²) in [6.07, 6.45) is 3.12. The molecule has 0 bridgehead atoms. The Labute approximate surface area is 115 Å². The molecule has 19 heavy (non-hydrogen) atoms. The maximum atomic E-state index is 4.63. The number of benzene rings is 1. The van der Waals surface area contributed by atoms with Crippen LogP contribution in [-0.2, 0) is 0 Å². The lowest BCUT2D eigenvalue weighted by Crippen LogP contribution is -2.15. The Morgan fingerprint density at radius 3 is 2.63 bits per heavy atom. The first-order chi connectivity index (χ1) is 9.15. The molecule has 0 aliphatic heterocycles. The molecule has 2 aromatic rings. The summed E-state index contributed by atoms with van der Waals surface area (Å²) in [5.74, 6) is 0.463. The van der Waals surface area contributed by atoms with Gasteiger partial charge in [0.2, 0.25) is 0 Å². The van der Waals surface area contributed by atoms with Crippen LogP contribution in [0.5, 0.6) is 0 Å². The van der Waals surface area contributed by atoms with Crippen molar-refractivity contribution >= 4 is 0 Å². The zero-order chi connectivity index (χ0) is 13.8. The molecule has 1 unspecified atom stereocenters. The number of hydrogen-bond donors (Lipinski definition) is 1. The SMILES string of the molecule is CCC(NC)c1cccc(-n2ccc(C(C)C)n2)c1. The summed E-state index contributed by atoms with van der Waals surface area (Å²) in [7, 11) is 2.01. The van der Waals surface area contributed by atoms with Gasteiger partial charge in [0.15, 0.2) is 0 Å². The molecule has 102 valence electrons. The first-order valence-corrected chi connectivity index (χ1v) is 6.98. The molecule has 0 saturated carbocycles. The Morgan fingerprint density at radius 2 is 2.05 bits per heavy atom. The fraction of sp³-hybridized carbons (Fsp3) is 0.438. The molecule has 0 radical (unpaired) electrons. The lowest BCUT2D eigenvalue weighted by molar-refractivity contribution is 0.576. The van der Waals surface area contributed by atoms with Crippen molar-refractivity contribution in [1.82, 2.24) is 15.1 Å². The van der Waals surface area contributed by atoms with Crippen LogP contribution >= 0.6 is 0 Å². The Morgan fingerprint density at radius 1 is 1.26 bits per heavy atom. The van der Waals surface area contributed by atoms with Crippen LogP contribution in [0.1, 0.15) is 50.4 Å². The van der Waals surface area contributed by atoms with E-state index in [0.717, 1.165) is 17.8 Å². The predicted molar refractivity (Wildman–Crippen MR) is 79.7 cm³/mol. The molecule has 1 heterocycles. The fourth-order valence-corrected chi connectivity index (χ4v) is 2.28. The molecule has 0 amide bonds. The van der Waals surface area contributed by atoms with Gasteiger partial charge in [-0.25, -0.2) is 4.68 Å². The van der Waals surface area contributed by atoms with Crippen molar-refractivity contribution in [3.05, 3.63) is 47.8 Å². The molecular weight excluding hydrogens is 234 g/mol. The highest BCUT2D eigenvalue weighted by molar-refractivity contribution is 5.36. The molecular formula is C16H23N3. The summed E-state index contributed by atoms with van der Waals surface area (Å²) in [6, 6.07) is 11.1. The molecule has 1 aromatic carbocycles. The maximum Gasteiger partial charge on any atom is 0.0654 e. The number of aromatic nitrogens is 2. The summed E-state index contributed by atoms with van der Waals surface area (Å²) in [6.45, 7) is 6.52. The number of hydrogen-bond acceptors (Lipinski definition) is 2. The molecule has 1 aromatic heterocycles. The van der Waals surface area contributed by atoms with Crippen molar-refractivity contribution in [2.75, 3.05) is 7.05 Å². The average molecular weight is 257 g/mol. The van der Waals surface area contributed by atoms with Gasteiger partial charge in [0, 0.05) is 12.2 Å². The minimum Gasteiger partial charge on any atom is -0.313 e. The molecule has 0 aliphatic carbocycles. The molecule has 0 saturated heterocycles. The Balaban J connectivity index is 2.31. The normalized spacial score (nSPS) is 12.9. The van der Waals surface area contributed by atoms with E-state index in [4.69, 9.17) is 0 Å². The molecule has 0 fully saturated rings. The first-order valence-electron chi connectivity index (χ1n) is 6.98. The molecule has 2 rings (SSSR count). The molecule has 1 N–H and O–H groups in total. The lowest BCUT2D eigenvalue weighted by Gasteiger charge is -2.15. The Bertz CT molecular complexity index is 524. The van der Waals surface area contributed by atoms with Crippen LogP contribution in [0.25, 0.3) is 5.69 Å². The molecule has 1 atom stereocenters. The molecule has 0 spiro atoms. The van der Waals surface area contributed by atoms with E-state index >= 15 is 0 Å². The van der Waals surface area contributed by atoms with Gasteiger partial charge in [-0.05, 0) is 43.1 Å². The van der Waals surface area contributed by atoms with E-state index < -0.39 is 0 Å². The van der Waals surface area contributed by atoms with E-state index in [0.29, 0.717) is 12.0 Å². The minimum atomic E-state index is 0.403. The van der Waals surface area contributed by atoms with Crippen molar-refractivity contribution in [3.63, 3.8) is 0 Å². The summed E-state index contributed by atoms with van der Waals surface area (Å²) in [5.41, 5.74) is 3.56. The van der Waals surface area contributed by atoms with Crippen molar-refractivity contribution in [2.45, 2.75) is 39.2 Å². The van der Waals surface area contributed by atoms with Gasteiger partial charge in [-0.3, -0.25) is 0 Å². The lowest BCUT2D eigenvalue weighted by atomic mass is 10.0. The van der Waals surface area contributed by atoms with E-state index in [9.17, 15) is 0 Å². The predicted octanol–water partition coefficient (Wildman–Crippen LogP) is 3.67. The quantitative estimate of drug-likeness (QED) is 0.885. The van der Waals surface area contributed by atoms with Crippen LogP contribution in [0.15, 0.2) is 36.5 Å². The third-order valence-corrected chi connectivity index (χ3v) is 3.50. The van der Waals surface area contributed by atoms with Crippen LogP contribution in [0, 0.1) is 0 Å². The molecule has 3 nitrogen and oxygen atoms in total. The highest BCUT2D eigenvalue weighted by Gasteiger charge is 2.09. The van der Waals surface area contributed by atoms with Crippen LogP contribution in [0.2, 0.25) is 0 Å². The van der Waals surface area contributed by atoms with Crippen LogP contribution in [0.3, 0.4) is 0 Å². The van der Waals surface area contributed by atoms with Crippen molar-refractivity contribution in [3.8, 4) is 5.69 Å². The number of nitrogens with one attached hydrogen (secondary N) is 1. The zero-order valence-electron chi connectivity index (χ0n) is 12.2. The standard InChI is InChI=1S/C16H23N3/c1-5-15(17-4)13-7-6-8-14(11-13)19-10-9-16(18-19)12(2)3/h6-12,15,17H,5H2,1-4H3. The smallest absolute Gasteiger partial charge is 0.0654 e. The summed E-state index contributed by atoms with van der Waals surface area (Å²) < 4.78 is 1.96. The van der Waals surface area contributed by atoms with Gasteiger partial charge in [0.05, 0.1) is 11.4 Å². The van der Waals surface area contributed by atoms with E-state index in [-0.39, 0.29) is 0 Å². The van der Waals surface area contributed by atoms with Crippen LogP contribution in [0.4, 0.5) is 0 Å². The Kier molecular flexibility index (Phi) is 4.38. The van der Waals surface area contributed by atoms with Gasteiger partial charge in [-0.15, -0.1) is 0 Å². The third kappa shape index (κ3) is 3.04. The van der Waals surface area contributed by atoms with Gasteiger partial charge < -0.3 is 5.32 Å². The second-order valence-corrected chi connectivity index (χ2v) is 5.18. The van der Waals surface area contributed by atoms with Gasteiger partial charge in [0.1, 0.15) is 0 Å². The monoisotopic (exact) mass is 257 g/mol. The van der Waals surface area contributed by atoms with E-state index in [1.165, 1.54) is 5.56 Å². The zero-order valence-corrected chi connectivity index (χ0v) is 12.2. The highest BCUT2D eigenvalue weighted by Crippen LogP contribution is 2.20. The number of rotatable bonds is 5. The van der Waals surface area contributed by atoms with E-state index in [2.05, 4.69) is 61.5 Å². The topological polar surface area (TPSA) is 29.9 Å². The molecule has 3 heteroatoms. The third-order valence-electron chi connectivity index (χ3n) is 3.50. The van der Waals surface area contributed by atoms with Crippen molar-refractivity contribution in [1.29, 1.82) is 0 Å². The van der Waals surface area contributed by atoms with Crippen molar-refractivity contribution < 1.29 is 0 Å². The van der Waals surface area contributed by atoms with Gasteiger partial charge in [0.25, 0.3) is 0 Å². The summed E-state index contributed by atoms with van der Waals surface area (Å²) >= 11 is 0.